The molecule has 0 saturated heterocycles. The second kappa shape index (κ2) is 4.47. The smallest absolute Gasteiger partial charge is 0.255 e. The van der Waals surface area contributed by atoms with Crippen LogP contribution in [0.4, 0.5) is 5.95 Å². The molecule has 1 aliphatic carbocycles. The molecule has 0 bridgehead atoms. The normalized spacial score (nSPS) is 15.1. The van der Waals surface area contributed by atoms with Crippen molar-refractivity contribution in [1.29, 1.82) is 0 Å². The summed E-state index contributed by atoms with van der Waals surface area (Å²) >= 11 is 0. The lowest BCUT2D eigenvalue weighted by molar-refractivity contribution is 0.640. The van der Waals surface area contributed by atoms with Gasteiger partial charge in [0.2, 0.25) is 5.95 Å². The van der Waals surface area contributed by atoms with E-state index in [1.165, 1.54) is 0 Å². The van der Waals surface area contributed by atoms with Crippen LogP contribution in [-0.4, -0.2) is 35.3 Å². The Kier molecular flexibility index (Phi) is 3.03. The Morgan fingerprint density at radius 3 is 2.88 bits per heavy atom. The van der Waals surface area contributed by atoms with Crippen molar-refractivity contribution in [3.8, 4) is 0 Å². The Bertz CT molecular complexity index is 462. The fraction of sp³-hybridized carbons (Fsp3) is 0.545. The standard InChI is InChI=1S/C11H16N4O/c1-15(2)7-12-11-13-9-6-4-3-5-8(9)10(16)14-11/h7H,3-6H2,1-2H3,(H,13,14,16). The maximum atomic E-state index is 11.7. The molecule has 0 saturated carbocycles. The van der Waals surface area contributed by atoms with E-state index in [0.717, 1.165) is 36.9 Å². The van der Waals surface area contributed by atoms with Gasteiger partial charge in [-0.25, -0.2) is 9.98 Å². The van der Waals surface area contributed by atoms with Gasteiger partial charge in [-0.15, -0.1) is 0 Å². The monoisotopic (exact) mass is 220 g/mol. The fourth-order valence-electron chi connectivity index (χ4n) is 1.82. The van der Waals surface area contributed by atoms with Gasteiger partial charge in [0.25, 0.3) is 5.56 Å². The second-order valence-electron chi connectivity index (χ2n) is 4.23. The van der Waals surface area contributed by atoms with Gasteiger partial charge in [0, 0.05) is 19.7 Å². The fourth-order valence-corrected chi connectivity index (χ4v) is 1.82. The van der Waals surface area contributed by atoms with Crippen LogP contribution in [0.1, 0.15) is 24.1 Å². The Balaban J connectivity index is 2.36. The van der Waals surface area contributed by atoms with Gasteiger partial charge >= 0.3 is 0 Å². The molecule has 5 heteroatoms. The lowest BCUT2D eigenvalue weighted by Crippen LogP contribution is -2.20. The number of nitrogens with one attached hydrogen (secondary N) is 1. The molecule has 0 atom stereocenters. The molecule has 0 fully saturated rings. The van der Waals surface area contributed by atoms with Crippen LogP contribution in [0, 0.1) is 0 Å². The number of aromatic nitrogens is 2. The van der Waals surface area contributed by atoms with Gasteiger partial charge < -0.3 is 4.90 Å². The van der Waals surface area contributed by atoms with Crippen LogP contribution in [0.3, 0.4) is 0 Å². The summed E-state index contributed by atoms with van der Waals surface area (Å²) in [6.07, 6.45) is 5.56. The zero-order valence-electron chi connectivity index (χ0n) is 9.66. The minimum Gasteiger partial charge on any atom is -0.369 e. The maximum Gasteiger partial charge on any atom is 0.255 e. The number of H-pyrrole nitrogens is 1. The molecule has 0 spiro atoms. The number of hydrogen-bond acceptors (Lipinski definition) is 3. The van der Waals surface area contributed by atoms with Crippen LogP contribution in [0.5, 0.6) is 0 Å². The van der Waals surface area contributed by atoms with Gasteiger partial charge in [0.15, 0.2) is 0 Å². The first-order valence-electron chi connectivity index (χ1n) is 5.49. The highest BCUT2D eigenvalue weighted by molar-refractivity contribution is 5.57. The molecule has 0 aliphatic heterocycles. The first-order valence-corrected chi connectivity index (χ1v) is 5.49. The molecule has 16 heavy (non-hydrogen) atoms. The molecular formula is C11H16N4O. The minimum atomic E-state index is -0.0318. The van der Waals surface area contributed by atoms with Crippen molar-refractivity contribution in [3.05, 3.63) is 21.6 Å². The van der Waals surface area contributed by atoms with Gasteiger partial charge in [-0.05, 0) is 25.7 Å². The predicted molar refractivity (Wildman–Crippen MR) is 63.3 cm³/mol. The van der Waals surface area contributed by atoms with Crippen LogP contribution >= 0.6 is 0 Å². The third-order valence-electron chi connectivity index (χ3n) is 2.59. The Morgan fingerprint density at radius 1 is 1.38 bits per heavy atom. The SMILES string of the molecule is CN(C)C=Nc1nc2c(c(=O)[nH]1)CCCC2. The number of aryl methyl sites for hydroxylation is 1. The van der Waals surface area contributed by atoms with E-state index in [0.29, 0.717) is 5.95 Å². The Morgan fingerprint density at radius 2 is 2.12 bits per heavy atom. The van der Waals surface area contributed by atoms with Crippen molar-refractivity contribution in [2.45, 2.75) is 25.7 Å². The van der Waals surface area contributed by atoms with Crippen LogP contribution in [-0.2, 0) is 12.8 Å². The van der Waals surface area contributed by atoms with Crippen LogP contribution in [0.15, 0.2) is 9.79 Å². The third-order valence-corrected chi connectivity index (χ3v) is 2.59. The molecule has 86 valence electrons. The molecular weight excluding hydrogens is 204 g/mol. The number of hydrogen-bond donors (Lipinski definition) is 1. The molecule has 5 nitrogen and oxygen atoms in total. The van der Waals surface area contributed by atoms with Crippen LogP contribution in [0.25, 0.3) is 0 Å². The van der Waals surface area contributed by atoms with Crippen LogP contribution < -0.4 is 5.56 Å². The minimum absolute atomic E-state index is 0.0318. The average Bonchev–Trinajstić information content (AvgIpc) is 2.26. The first kappa shape index (κ1) is 10.9. The molecule has 1 aromatic heterocycles. The highest BCUT2D eigenvalue weighted by atomic mass is 16.1. The Hall–Kier alpha value is -1.65. The van der Waals surface area contributed by atoms with Crippen molar-refractivity contribution < 1.29 is 0 Å². The van der Waals surface area contributed by atoms with Crippen molar-refractivity contribution in [2.75, 3.05) is 14.1 Å². The quantitative estimate of drug-likeness (QED) is 0.594. The zero-order chi connectivity index (χ0) is 11.5. The molecule has 0 unspecified atom stereocenters. The maximum absolute atomic E-state index is 11.7. The van der Waals surface area contributed by atoms with Gasteiger partial charge in [-0.2, -0.15) is 0 Å². The van der Waals surface area contributed by atoms with E-state index in [2.05, 4.69) is 15.0 Å². The first-order chi connectivity index (χ1) is 7.66. The summed E-state index contributed by atoms with van der Waals surface area (Å²) in [6.45, 7) is 0. The van der Waals surface area contributed by atoms with Gasteiger partial charge in [-0.3, -0.25) is 9.78 Å². The number of aliphatic imine (C=N–C) groups is 1. The summed E-state index contributed by atoms with van der Waals surface area (Å²) in [4.78, 5) is 24.7. The molecule has 1 N–H and O–H groups in total. The largest absolute Gasteiger partial charge is 0.369 e. The lowest BCUT2D eigenvalue weighted by atomic mass is 9.97. The van der Waals surface area contributed by atoms with Crippen molar-refractivity contribution in [3.63, 3.8) is 0 Å². The predicted octanol–water partition coefficient (Wildman–Crippen LogP) is 0.870. The van der Waals surface area contributed by atoms with E-state index in [-0.39, 0.29) is 5.56 Å². The summed E-state index contributed by atoms with van der Waals surface area (Å²) in [7, 11) is 3.75. The van der Waals surface area contributed by atoms with Gasteiger partial charge in [-0.1, -0.05) is 0 Å². The van der Waals surface area contributed by atoms with Gasteiger partial charge in [0.05, 0.1) is 12.0 Å². The molecule has 1 aromatic rings. The zero-order valence-corrected chi connectivity index (χ0v) is 9.66. The van der Waals surface area contributed by atoms with Crippen molar-refractivity contribution in [1.82, 2.24) is 14.9 Å². The van der Waals surface area contributed by atoms with E-state index in [4.69, 9.17) is 0 Å². The molecule has 0 radical (unpaired) electrons. The summed E-state index contributed by atoms with van der Waals surface area (Å²) in [5, 5.41) is 0. The number of nitrogens with zero attached hydrogens (tertiary/aromatic N) is 3. The van der Waals surface area contributed by atoms with Gasteiger partial charge in [0.1, 0.15) is 0 Å². The lowest BCUT2D eigenvalue weighted by Gasteiger charge is -2.13. The van der Waals surface area contributed by atoms with E-state index >= 15 is 0 Å². The van der Waals surface area contributed by atoms with E-state index in [9.17, 15) is 4.79 Å². The average molecular weight is 220 g/mol. The molecule has 1 heterocycles. The summed E-state index contributed by atoms with van der Waals surface area (Å²) < 4.78 is 0. The number of rotatable bonds is 2. The molecule has 2 rings (SSSR count). The van der Waals surface area contributed by atoms with Crippen LogP contribution in [0.2, 0.25) is 0 Å². The molecule has 0 aromatic carbocycles. The summed E-state index contributed by atoms with van der Waals surface area (Å²) in [5.74, 6) is 0.402. The second-order valence-corrected chi connectivity index (χ2v) is 4.23. The van der Waals surface area contributed by atoms with Crippen molar-refractivity contribution >= 4 is 12.3 Å². The van der Waals surface area contributed by atoms with E-state index in [1.54, 1.807) is 11.2 Å². The van der Waals surface area contributed by atoms with Crippen molar-refractivity contribution in [2.24, 2.45) is 4.99 Å². The highest BCUT2D eigenvalue weighted by Crippen LogP contribution is 2.17. The molecule has 0 amide bonds. The highest BCUT2D eigenvalue weighted by Gasteiger charge is 2.14. The molecule has 1 aliphatic rings. The number of fused-ring (bicyclic) bond motifs is 1. The Labute approximate surface area is 94.2 Å². The summed E-state index contributed by atoms with van der Waals surface area (Å²) in [5.41, 5.74) is 1.73. The number of aromatic amines is 1. The van der Waals surface area contributed by atoms with E-state index < -0.39 is 0 Å². The third kappa shape index (κ3) is 2.29. The van der Waals surface area contributed by atoms with E-state index in [1.807, 2.05) is 14.1 Å². The summed E-state index contributed by atoms with van der Waals surface area (Å²) in [6, 6.07) is 0. The topological polar surface area (TPSA) is 61.4 Å².